The average molecular weight is 463 g/mol. The molecule has 2 amide bonds. The lowest BCUT2D eigenvalue weighted by Crippen LogP contribution is -2.49. The summed E-state index contributed by atoms with van der Waals surface area (Å²) < 4.78 is 19.2. The fourth-order valence-electron chi connectivity index (χ4n) is 3.70. The molecule has 0 spiro atoms. The molecular formula is C28H31FN2O3. The van der Waals surface area contributed by atoms with Crippen LogP contribution in [-0.4, -0.2) is 36.4 Å². The van der Waals surface area contributed by atoms with Crippen molar-refractivity contribution < 1.29 is 18.7 Å². The summed E-state index contributed by atoms with van der Waals surface area (Å²) in [4.78, 5) is 27.8. The molecule has 0 radical (unpaired) electrons. The van der Waals surface area contributed by atoms with Gasteiger partial charge in [-0.25, -0.2) is 4.39 Å². The number of carbonyl (C=O) groups is 2. The number of carbonyl (C=O) groups excluding carboxylic acids is 2. The molecular weight excluding hydrogens is 431 g/mol. The molecule has 1 N–H and O–H groups in total. The van der Waals surface area contributed by atoms with Crippen molar-refractivity contribution in [2.24, 2.45) is 0 Å². The third-order valence-electron chi connectivity index (χ3n) is 5.61. The predicted molar refractivity (Wildman–Crippen MR) is 131 cm³/mol. The highest BCUT2D eigenvalue weighted by Crippen LogP contribution is 2.17. The van der Waals surface area contributed by atoms with E-state index in [1.54, 1.807) is 24.1 Å². The number of hydrogen-bond donors (Lipinski definition) is 1. The summed E-state index contributed by atoms with van der Waals surface area (Å²) in [6.45, 7) is 2.61. The third kappa shape index (κ3) is 7.44. The second kappa shape index (κ2) is 12.5. The molecule has 0 aliphatic heterocycles. The molecule has 0 aliphatic carbocycles. The van der Waals surface area contributed by atoms with E-state index in [4.69, 9.17) is 4.74 Å². The highest BCUT2D eigenvalue weighted by molar-refractivity contribution is 5.87. The van der Waals surface area contributed by atoms with Gasteiger partial charge in [-0.1, -0.05) is 60.2 Å². The molecule has 1 unspecified atom stereocenters. The van der Waals surface area contributed by atoms with Gasteiger partial charge in [0, 0.05) is 26.4 Å². The number of nitrogens with zero attached hydrogens (tertiary/aromatic N) is 1. The zero-order valence-corrected chi connectivity index (χ0v) is 19.7. The molecule has 0 aromatic heterocycles. The Hall–Kier alpha value is -3.67. The van der Waals surface area contributed by atoms with Crippen LogP contribution >= 0.6 is 0 Å². The number of nitrogens with one attached hydrogen (secondary N) is 1. The van der Waals surface area contributed by atoms with Gasteiger partial charge >= 0.3 is 0 Å². The van der Waals surface area contributed by atoms with Crippen LogP contribution in [0, 0.1) is 12.7 Å². The first kappa shape index (κ1) is 25.0. The SMILES string of the molecule is CNC(=O)C(Cc1ccccc1)N(Cc1ccc(F)cc1)C(=O)CCCOc1ccc(C)cc1. The number of aryl methyl sites for hydroxylation is 1. The Morgan fingerprint density at radius 3 is 2.26 bits per heavy atom. The molecule has 0 aliphatic rings. The van der Waals surface area contributed by atoms with Crippen molar-refractivity contribution in [3.63, 3.8) is 0 Å². The monoisotopic (exact) mass is 462 g/mol. The molecule has 1 atom stereocenters. The Morgan fingerprint density at radius 2 is 1.62 bits per heavy atom. The summed E-state index contributed by atoms with van der Waals surface area (Å²) in [5.74, 6) is 0.0205. The van der Waals surface area contributed by atoms with Crippen molar-refractivity contribution in [2.75, 3.05) is 13.7 Å². The number of hydrogen-bond acceptors (Lipinski definition) is 3. The molecule has 3 aromatic carbocycles. The summed E-state index contributed by atoms with van der Waals surface area (Å²) in [5, 5.41) is 2.69. The maximum atomic E-state index is 13.4. The molecule has 5 nitrogen and oxygen atoms in total. The minimum absolute atomic E-state index is 0.152. The summed E-state index contributed by atoms with van der Waals surface area (Å²) in [5.41, 5.74) is 2.86. The Balaban J connectivity index is 1.73. The number of rotatable bonds is 11. The molecule has 0 heterocycles. The van der Waals surface area contributed by atoms with Gasteiger partial charge in [0.2, 0.25) is 11.8 Å². The maximum Gasteiger partial charge on any atom is 0.242 e. The Bertz CT molecular complexity index is 1050. The van der Waals surface area contributed by atoms with Gasteiger partial charge in [-0.15, -0.1) is 0 Å². The normalized spacial score (nSPS) is 11.5. The Labute approximate surface area is 200 Å². The number of amides is 2. The second-order valence-corrected chi connectivity index (χ2v) is 8.23. The lowest BCUT2D eigenvalue weighted by atomic mass is 10.0. The standard InChI is InChI=1S/C28H31FN2O3/c1-21-10-16-25(17-11-21)34-18-6-9-27(32)31(20-23-12-14-24(29)15-13-23)26(28(33)30-2)19-22-7-4-3-5-8-22/h3-5,7-8,10-17,26H,6,9,18-20H2,1-2H3,(H,30,33). The van der Waals surface area contributed by atoms with E-state index >= 15 is 0 Å². The van der Waals surface area contributed by atoms with Crippen molar-refractivity contribution in [2.45, 2.75) is 38.8 Å². The first-order valence-corrected chi connectivity index (χ1v) is 11.4. The van der Waals surface area contributed by atoms with E-state index in [0.717, 1.165) is 22.4 Å². The van der Waals surface area contributed by atoms with Gasteiger partial charge in [0.05, 0.1) is 6.61 Å². The van der Waals surface area contributed by atoms with Crippen molar-refractivity contribution in [3.05, 3.63) is 101 Å². The van der Waals surface area contributed by atoms with E-state index in [-0.39, 0.29) is 30.6 Å². The van der Waals surface area contributed by atoms with E-state index in [1.807, 2.05) is 61.5 Å². The number of likely N-dealkylation sites (N-methyl/N-ethyl adjacent to an activating group) is 1. The van der Waals surface area contributed by atoms with Crippen LogP contribution < -0.4 is 10.1 Å². The van der Waals surface area contributed by atoms with Crippen LogP contribution in [0.5, 0.6) is 5.75 Å². The quantitative estimate of drug-likeness (QED) is 0.421. The van der Waals surface area contributed by atoms with Crippen LogP contribution in [0.1, 0.15) is 29.5 Å². The minimum Gasteiger partial charge on any atom is -0.494 e. The molecule has 0 saturated heterocycles. The number of ether oxygens (including phenoxy) is 1. The fourth-order valence-corrected chi connectivity index (χ4v) is 3.70. The van der Waals surface area contributed by atoms with Crippen LogP contribution in [0.2, 0.25) is 0 Å². The van der Waals surface area contributed by atoms with Crippen molar-refractivity contribution in [3.8, 4) is 5.75 Å². The first-order valence-electron chi connectivity index (χ1n) is 11.4. The van der Waals surface area contributed by atoms with E-state index in [2.05, 4.69) is 5.32 Å². The zero-order chi connectivity index (χ0) is 24.3. The first-order chi connectivity index (χ1) is 16.5. The van der Waals surface area contributed by atoms with Gasteiger partial charge in [-0.2, -0.15) is 0 Å². The maximum absolute atomic E-state index is 13.4. The molecule has 178 valence electrons. The Kier molecular flexibility index (Phi) is 9.21. The third-order valence-corrected chi connectivity index (χ3v) is 5.61. The van der Waals surface area contributed by atoms with Crippen LogP contribution in [0.4, 0.5) is 4.39 Å². The number of halogens is 1. The molecule has 3 rings (SSSR count). The van der Waals surface area contributed by atoms with Gasteiger partial charge in [0.15, 0.2) is 0 Å². The molecule has 0 saturated carbocycles. The van der Waals surface area contributed by atoms with E-state index < -0.39 is 6.04 Å². The van der Waals surface area contributed by atoms with Crippen molar-refractivity contribution in [1.29, 1.82) is 0 Å². The smallest absolute Gasteiger partial charge is 0.242 e. The van der Waals surface area contributed by atoms with Crippen LogP contribution in [0.3, 0.4) is 0 Å². The zero-order valence-electron chi connectivity index (χ0n) is 19.7. The van der Waals surface area contributed by atoms with Gasteiger partial charge in [-0.05, 0) is 48.7 Å². The van der Waals surface area contributed by atoms with Gasteiger partial charge in [0.25, 0.3) is 0 Å². The largest absolute Gasteiger partial charge is 0.494 e. The molecule has 34 heavy (non-hydrogen) atoms. The van der Waals surface area contributed by atoms with Crippen LogP contribution in [0.15, 0.2) is 78.9 Å². The summed E-state index contributed by atoms with van der Waals surface area (Å²) in [6, 6.07) is 22.7. The van der Waals surface area contributed by atoms with Crippen molar-refractivity contribution >= 4 is 11.8 Å². The highest BCUT2D eigenvalue weighted by Gasteiger charge is 2.29. The second-order valence-electron chi connectivity index (χ2n) is 8.23. The molecule has 3 aromatic rings. The Morgan fingerprint density at radius 1 is 0.941 bits per heavy atom. The van der Waals surface area contributed by atoms with E-state index in [1.165, 1.54) is 12.1 Å². The van der Waals surface area contributed by atoms with Crippen molar-refractivity contribution in [1.82, 2.24) is 10.2 Å². The molecule has 0 bridgehead atoms. The molecule has 6 heteroatoms. The lowest BCUT2D eigenvalue weighted by molar-refractivity contribution is -0.141. The summed E-state index contributed by atoms with van der Waals surface area (Å²) in [7, 11) is 1.57. The van der Waals surface area contributed by atoms with E-state index in [9.17, 15) is 14.0 Å². The van der Waals surface area contributed by atoms with Gasteiger partial charge in [0.1, 0.15) is 17.6 Å². The minimum atomic E-state index is -0.692. The lowest BCUT2D eigenvalue weighted by Gasteiger charge is -2.31. The fraction of sp³-hybridized carbons (Fsp3) is 0.286. The number of benzene rings is 3. The predicted octanol–water partition coefficient (Wildman–Crippen LogP) is 4.68. The van der Waals surface area contributed by atoms with Gasteiger partial charge in [-0.3, -0.25) is 9.59 Å². The van der Waals surface area contributed by atoms with Crippen LogP contribution in [0.25, 0.3) is 0 Å². The topological polar surface area (TPSA) is 58.6 Å². The summed E-state index contributed by atoms with van der Waals surface area (Å²) >= 11 is 0. The average Bonchev–Trinajstić information content (AvgIpc) is 2.86. The van der Waals surface area contributed by atoms with Crippen LogP contribution in [-0.2, 0) is 22.6 Å². The van der Waals surface area contributed by atoms with Gasteiger partial charge < -0.3 is 15.0 Å². The highest BCUT2D eigenvalue weighted by atomic mass is 19.1. The van der Waals surface area contributed by atoms with E-state index in [0.29, 0.717) is 19.4 Å². The molecule has 0 fully saturated rings. The summed E-state index contributed by atoms with van der Waals surface area (Å²) in [6.07, 6.45) is 1.13.